The number of hydrogen-bond acceptors (Lipinski definition) is 2. The molecule has 0 N–H and O–H groups in total. The number of carbonyl (C=O) groups excluding carboxylic acids is 1. The predicted molar refractivity (Wildman–Crippen MR) is 63.9 cm³/mol. The second-order valence-corrected chi connectivity index (χ2v) is 3.89. The Hall–Kier alpha value is -2.37. The molecule has 0 saturated heterocycles. The largest absolute Gasteiger partial charge is 0.573 e. The van der Waals surface area contributed by atoms with Gasteiger partial charge in [-0.1, -0.05) is 24.3 Å². The Kier molecular flexibility index (Phi) is 3.74. The fourth-order valence-corrected chi connectivity index (χ4v) is 1.79. The van der Waals surface area contributed by atoms with Crippen LogP contribution in [0.2, 0.25) is 0 Å². The molecule has 2 aromatic carbocycles. The minimum Gasteiger partial charge on any atom is -0.405 e. The van der Waals surface area contributed by atoms with Crippen LogP contribution in [0.3, 0.4) is 0 Å². The third-order valence-corrected chi connectivity index (χ3v) is 2.55. The molecule has 6 heteroatoms. The lowest BCUT2D eigenvalue weighted by Crippen LogP contribution is -2.18. The first kappa shape index (κ1) is 14.0. The number of carbonyl (C=O) groups is 1. The number of alkyl halides is 3. The second-order valence-electron chi connectivity index (χ2n) is 3.89. The number of halogens is 4. The van der Waals surface area contributed by atoms with Gasteiger partial charge in [0, 0.05) is 0 Å². The molecule has 2 nitrogen and oxygen atoms in total. The van der Waals surface area contributed by atoms with Crippen molar-refractivity contribution in [3.05, 3.63) is 53.8 Å². The van der Waals surface area contributed by atoms with E-state index in [-0.39, 0.29) is 17.4 Å². The third kappa shape index (κ3) is 3.14. The summed E-state index contributed by atoms with van der Waals surface area (Å²) in [5.74, 6) is -1.17. The summed E-state index contributed by atoms with van der Waals surface area (Å²) in [5.41, 5.74) is 0.177. The van der Waals surface area contributed by atoms with Gasteiger partial charge in [-0.3, -0.25) is 4.79 Å². The summed E-state index contributed by atoms with van der Waals surface area (Å²) in [6.07, 6.45) is -4.65. The van der Waals surface area contributed by atoms with Crippen LogP contribution in [0.15, 0.2) is 42.5 Å². The van der Waals surface area contributed by atoms with Crippen molar-refractivity contribution in [3.63, 3.8) is 0 Å². The maximum atomic E-state index is 13.2. The SMILES string of the molecule is O=Cc1c(OC(F)(F)F)cccc1-c1cccc(F)c1. The third-order valence-electron chi connectivity index (χ3n) is 2.55. The molecule has 0 saturated carbocycles. The molecule has 0 radical (unpaired) electrons. The van der Waals surface area contributed by atoms with E-state index in [2.05, 4.69) is 4.74 Å². The van der Waals surface area contributed by atoms with Crippen LogP contribution in [0.5, 0.6) is 5.75 Å². The number of benzene rings is 2. The van der Waals surface area contributed by atoms with Gasteiger partial charge in [-0.15, -0.1) is 13.2 Å². The average molecular weight is 284 g/mol. The Morgan fingerprint density at radius 1 is 1.05 bits per heavy atom. The van der Waals surface area contributed by atoms with Crippen molar-refractivity contribution < 1.29 is 27.1 Å². The van der Waals surface area contributed by atoms with Crippen LogP contribution < -0.4 is 4.74 Å². The summed E-state index contributed by atoms with van der Waals surface area (Å²) in [7, 11) is 0. The maximum Gasteiger partial charge on any atom is 0.573 e. The molecule has 2 aromatic rings. The zero-order valence-corrected chi connectivity index (χ0v) is 9.95. The van der Waals surface area contributed by atoms with E-state index in [1.54, 1.807) is 0 Å². The number of aldehydes is 1. The van der Waals surface area contributed by atoms with Crippen molar-refractivity contribution in [2.24, 2.45) is 0 Å². The van der Waals surface area contributed by atoms with E-state index < -0.39 is 17.9 Å². The summed E-state index contributed by atoms with van der Waals surface area (Å²) in [4.78, 5) is 11.1. The first-order valence-electron chi connectivity index (χ1n) is 5.50. The molecule has 0 amide bonds. The summed E-state index contributed by atoms with van der Waals surface area (Å²) in [6.45, 7) is 0. The van der Waals surface area contributed by atoms with Gasteiger partial charge < -0.3 is 4.74 Å². The van der Waals surface area contributed by atoms with E-state index in [1.807, 2.05) is 0 Å². The molecular formula is C14H8F4O2. The van der Waals surface area contributed by atoms with Crippen LogP contribution in [-0.2, 0) is 0 Å². The van der Waals surface area contributed by atoms with Crippen molar-refractivity contribution >= 4 is 6.29 Å². The van der Waals surface area contributed by atoms with Gasteiger partial charge in [-0.2, -0.15) is 0 Å². The lowest BCUT2D eigenvalue weighted by molar-refractivity contribution is -0.274. The molecule has 0 atom stereocenters. The lowest BCUT2D eigenvalue weighted by Gasteiger charge is -2.13. The maximum absolute atomic E-state index is 13.2. The van der Waals surface area contributed by atoms with Crippen LogP contribution in [0.25, 0.3) is 11.1 Å². The molecule has 0 spiro atoms. The Balaban J connectivity index is 2.54. The highest BCUT2D eigenvalue weighted by Crippen LogP contribution is 2.32. The van der Waals surface area contributed by atoms with E-state index in [9.17, 15) is 22.4 Å². The Morgan fingerprint density at radius 2 is 1.75 bits per heavy atom. The molecule has 104 valence electrons. The summed E-state index contributed by atoms with van der Waals surface area (Å²) in [5, 5.41) is 0. The van der Waals surface area contributed by atoms with Gasteiger partial charge in [0.1, 0.15) is 11.6 Å². The van der Waals surface area contributed by atoms with Crippen molar-refractivity contribution in [1.29, 1.82) is 0 Å². The number of hydrogen-bond donors (Lipinski definition) is 0. The molecule has 0 aliphatic heterocycles. The fraction of sp³-hybridized carbons (Fsp3) is 0.0714. The van der Waals surface area contributed by atoms with E-state index in [1.165, 1.54) is 30.3 Å². The summed E-state index contributed by atoms with van der Waals surface area (Å²) < 4.78 is 53.7. The van der Waals surface area contributed by atoms with Gasteiger partial charge in [-0.25, -0.2) is 4.39 Å². The predicted octanol–water partition coefficient (Wildman–Crippen LogP) is 4.20. The summed E-state index contributed by atoms with van der Waals surface area (Å²) >= 11 is 0. The molecule has 20 heavy (non-hydrogen) atoms. The second kappa shape index (κ2) is 5.32. The number of ether oxygens (including phenoxy) is 1. The van der Waals surface area contributed by atoms with Gasteiger partial charge in [0.25, 0.3) is 0 Å². The van der Waals surface area contributed by atoms with E-state index in [0.29, 0.717) is 5.56 Å². The zero-order chi connectivity index (χ0) is 14.8. The van der Waals surface area contributed by atoms with Crippen LogP contribution >= 0.6 is 0 Å². The molecule has 2 rings (SSSR count). The minimum absolute atomic E-state index is 0.168. The van der Waals surface area contributed by atoms with Crippen molar-refractivity contribution in [2.75, 3.05) is 0 Å². The molecule has 0 heterocycles. The Labute approximate surface area is 111 Å². The van der Waals surface area contributed by atoms with E-state index in [4.69, 9.17) is 0 Å². The minimum atomic E-state index is -4.90. The highest BCUT2D eigenvalue weighted by molar-refractivity contribution is 5.91. The van der Waals surface area contributed by atoms with E-state index in [0.717, 1.165) is 12.1 Å². The molecule has 0 fully saturated rings. The monoisotopic (exact) mass is 284 g/mol. The molecule has 0 aromatic heterocycles. The smallest absolute Gasteiger partial charge is 0.405 e. The topological polar surface area (TPSA) is 26.3 Å². The quantitative estimate of drug-likeness (QED) is 0.623. The first-order valence-corrected chi connectivity index (χ1v) is 5.50. The van der Waals surface area contributed by atoms with Crippen LogP contribution in [0, 0.1) is 5.82 Å². The normalized spacial score (nSPS) is 11.2. The van der Waals surface area contributed by atoms with Crippen LogP contribution in [-0.4, -0.2) is 12.6 Å². The van der Waals surface area contributed by atoms with Gasteiger partial charge >= 0.3 is 6.36 Å². The van der Waals surface area contributed by atoms with Gasteiger partial charge in [0.05, 0.1) is 5.56 Å². The van der Waals surface area contributed by atoms with Crippen molar-refractivity contribution in [2.45, 2.75) is 6.36 Å². The number of rotatable bonds is 3. The van der Waals surface area contributed by atoms with Crippen molar-refractivity contribution in [3.8, 4) is 16.9 Å². The van der Waals surface area contributed by atoms with Gasteiger partial charge in [0.2, 0.25) is 0 Å². The molecule has 0 aliphatic rings. The lowest BCUT2D eigenvalue weighted by atomic mass is 9.99. The fourth-order valence-electron chi connectivity index (χ4n) is 1.79. The highest BCUT2D eigenvalue weighted by Gasteiger charge is 2.32. The molecule has 0 aliphatic carbocycles. The van der Waals surface area contributed by atoms with Gasteiger partial charge in [0.15, 0.2) is 6.29 Å². The van der Waals surface area contributed by atoms with E-state index >= 15 is 0 Å². The standard InChI is InChI=1S/C14H8F4O2/c15-10-4-1-3-9(7-10)11-5-2-6-13(12(11)8-19)20-14(16,17)18/h1-8H. The Bertz CT molecular complexity index is 635. The Morgan fingerprint density at radius 3 is 2.35 bits per heavy atom. The van der Waals surface area contributed by atoms with Crippen LogP contribution in [0.4, 0.5) is 17.6 Å². The van der Waals surface area contributed by atoms with Crippen LogP contribution in [0.1, 0.15) is 10.4 Å². The molecular weight excluding hydrogens is 276 g/mol. The van der Waals surface area contributed by atoms with Gasteiger partial charge in [-0.05, 0) is 29.3 Å². The molecule has 0 bridgehead atoms. The van der Waals surface area contributed by atoms with Crippen molar-refractivity contribution in [1.82, 2.24) is 0 Å². The molecule has 0 unspecified atom stereocenters. The first-order chi connectivity index (χ1) is 9.40. The highest BCUT2D eigenvalue weighted by atomic mass is 19.4. The zero-order valence-electron chi connectivity index (χ0n) is 9.95. The summed E-state index contributed by atoms with van der Waals surface area (Å²) in [6, 6.07) is 8.95. The average Bonchev–Trinajstić information content (AvgIpc) is 2.36.